The van der Waals surface area contributed by atoms with Gasteiger partial charge >= 0.3 is 0 Å². The molecule has 234 valence electrons. The Bertz CT molecular complexity index is 1730. The van der Waals surface area contributed by atoms with Crippen LogP contribution < -0.4 is 18.5 Å². The van der Waals surface area contributed by atoms with Crippen molar-refractivity contribution in [3.63, 3.8) is 0 Å². The molecule has 2 heterocycles. The van der Waals surface area contributed by atoms with Gasteiger partial charge in [-0.1, -0.05) is 13.8 Å². The third kappa shape index (κ3) is 6.33. The van der Waals surface area contributed by atoms with Crippen LogP contribution in [0.1, 0.15) is 50.3 Å². The fraction of sp³-hybridized carbons (Fsp3) is 0.387. The monoisotopic (exact) mass is 627 g/mol. The summed E-state index contributed by atoms with van der Waals surface area (Å²) >= 11 is 0. The van der Waals surface area contributed by atoms with Gasteiger partial charge in [-0.3, -0.25) is 4.68 Å². The van der Waals surface area contributed by atoms with Gasteiger partial charge in [-0.2, -0.15) is 5.10 Å². The molecule has 1 aliphatic carbocycles. The fourth-order valence-corrected chi connectivity index (χ4v) is 7.14. The molecular weight excluding hydrogens is 592 g/mol. The molecule has 0 radical (unpaired) electrons. The summed E-state index contributed by atoms with van der Waals surface area (Å²) < 4.78 is 78.8. The molecule has 2 aromatic heterocycles. The van der Waals surface area contributed by atoms with Crippen molar-refractivity contribution in [2.45, 2.75) is 56.6 Å². The lowest BCUT2D eigenvalue weighted by Crippen LogP contribution is -2.37. The average Bonchev–Trinajstić information content (AvgIpc) is 3.43. The van der Waals surface area contributed by atoms with Gasteiger partial charge < -0.3 is 14.2 Å². The largest absolute Gasteiger partial charge is 0.497 e. The standard InChI is InChI=1S/C31H35F2N5O5S/c1-31(2)11-8-26(22(17-31)25-9-13-36-37(25)3)43-28-15-24(33)29(16-23(28)32)44(39,40)38(30-10-12-34-19-35-30)18-20-6-7-21(41-4)14-27(20)42-5/h6-7,9-10,12-16,19,22,26H,8,11,17-18H2,1-5H3/t22-,26+/m1/s1. The third-order valence-corrected chi connectivity index (χ3v) is 9.79. The van der Waals surface area contributed by atoms with Crippen molar-refractivity contribution in [2.24, 2.45) is 12.5 Å². The molecule has 0 N–H and O–H groups in total. The first-order chi connectivity index (χ1) is 20.9. The lowest BCUT2D eigenvalue weighted by molar-refractivity contribution is 0.0682. The van der Waals surface area contributed by atoms with Crippen molar-refractivity contribution in [1.82, 2.24) is 19.7 Å². The lowest BCUT2D eigenvalue weighted by Gasteiger charge is -2.40. The number of benzene rings is 2. The Morgan fingerprint density at radius 2 is 1.82 bits per heavy atom. The maximum absolute atomic E-state index is 15.8. The van der Waals surface area contributed by atoms with E-state index in [4.69, 9.17) is 14.2 Å². The summed E-state index contributed by atoms with van der Waals surface area (Å²) in [7, 11) is 0.0662. The lowest BCUT2D eigenvalue weighted by atomic mass is 9.70. The molecule has 2 atom stereocenters. The second kappa shape index (κ2) is 12.4. The van der Waals surface area contributed by atoms with Crippen LogP contribution in [0.25, 0.3) is 0 Å². The van der Waals surface area contributed by atoms with Crippen molar-refractivity contribution >= 4 is 15.8 Å². The average molecular weight is 628 g/mol. The zero-order valence-corrected chi connectivity index (χ0v) is 26.0. The van der Waals surface area contributed by atoms with Crippen LogP contribution in [-0.2, 0) is 23.6 Å². The SMILES string of the molecule is COc1ccc(CN(c2ccncn2)S(=O)(=O)c2cc(F)c(O[C@H]3CCC(C)(C)C[C@@H]3c3ccnn3C)cc2F)c(OC)c1. The highest BCUT2D eigenvalue weighted by atomic mass is 32.2. The molecule has 0 saturated heterocycles. The Kier molecular flexibility index (Phi) is 8.78. The normalized spacial score (nSPS) is 18.1. The predicted octanol–water partition coefficient (Wildman–Crippen LogP) is 5.64. The number of anilines is 1. The number of aryl methyl sites for hydroxylation is 1. The third-order valence-electron chi connectivity index (χ3n) is 8.03. The molecule has 0 spiro atoms. The maximum Gasteiger partial charge on any atom is 0.268 e. The Morgan fingerprint density at radius 1 is 1.02 bits per heavy atom. The first-order valence-electron chi connectivity index (χ1n) is 14.1. The second-order valence-electron chi connectivity index (χ2n) is 11.5. The molecule has 4 aromatic rings. The van der Waals surface area contributed by atoms with E-state index >= 15 is 8.78 Å². The van der Waals surface area contributed by atoms with Gasteiger partial charge in [0.05, 0.1) is 20.8 Å². The zero-order chi connectivity index (χ0) is 31.6. The fourth-order valence-electron chi connectivity index (χ4n) is 5.68. The summed E-state index contributed by atoms with van der Waals surface area (Å²) in [5.41, 5.74) is 1.39. The van der Waals surface area contributed by atoms with E-state index < -0.39 is 32.7 Å². The molecule has 10 nitrogen and oxygen atoms in total. The van der Waals surface area contributed by atoms with Crippen LogP contribution in [0.4, 0.5) is 14.6 Å². The number of nitrogens with zero attached hydrogens (tertiary/aromatic N) is 5. The van der Waals surface area contributed by atoms with E-state index in [9.17, 15) is 8.42 Å². The number of aromatic nitrogens is 4. The highest BCUT2D eigenvalue weighted by Gasteiger charge is 2.39. The van der Waals surface area contributed by atoms with Gasteiger partial charge in [0.25, 0.3) is 10.0 Å². The highest BCUT2D eigenvalue weighted by molar-refractivity contribution is 7.92. The van der Waals surface area contributed by atoms with Crippen LogP contribution in [0.5, 0.6) is 17.2 Å². The number of hydrogen-bond acceptors (Lipinski definition) is 8. The molecule has 1 saturated carbocycles. The number of sulfonamides is 1. The van der Waals surface area contributed by atoms with E-state index in [1.807, 2.05) is 13.1 Å². The molecule has 2 aromatic carbocycles. The van der Waals surface area contributed by atoms with Crippen molar-refractivity contribution in [2.75, 3.05) is 18.5 Å². The van der Waals surface area contributed by atoms with Crippen molar-refractivity contribution in [3.8, 4) is 17.2 Å². The van der Waals surface area contributed by atoms with Crippen molar-refractivity contribution < 1.29 is 31.4 Å². The van der Waals surface area contributed by atoms with Gasteiger partial charge in [-0.05, 0) is 42.9 Å². The number of methoxy groups -OCH3 is 2. The van der Waals surface area contributed by atoms with Crippen LogP contribution >= 0.6 is 0 Å². The van der Waals surface area contributed by atoms with E-state index in [1.54, 1.807) is 29.1 Å². The zero-order valence-electron chi connectivity index (χ0n) is 25.2. The molecule has 44 heavy (non-hydrogen) atoms. The highest BCUT2D eigenvalue weighted by Crippen LogP contribution is 2.45. The molecule has 0 unspecified atom stereocenters. The summed E-state index contributed by atoms with van der Waals surface area (Å²) in [4.78, 5) is 7.07. The van der Waals surface area contributed by atoms with Crippen LogP contribution in [0, 0.1) is 17.0 Å². The second-order valence-corrected chi connectivity index (χ2v) is 13.4. The first kappa shape index (κ1) is 31.2. The minimum atomic E-state index is -4.69. The van der Waals surface area contributed by atoms with Crippen LogP contribution in [-0.4, -0.2) is 48.5 Å². The predicted molar refractivity (Wildman–Crippen MR) is 159 cm³/mol. The number of rotatable bonds is 10. The van der Waals surface area contributed by atoms with Crippen molar-refractivity contribution in [3.05, 3.63) is 84.1 Å². The molecule has 0 bridgehead atoms. The van der Waals surface area contributed by atoms with E-state index in [-0.39, 0.29) is 29.4 Å². The van der Waals surface area contributed by atoms with E-state index in [0.717, 1.165) is 28.9 Å². The quantitative estimate of drug-likeness (QED) is 0.222. The van der Waals surface area contributed by atoms with E-state index in [2.05, 4.69) is 28.9 Å². The molecule has 5 rings (SSSR count). The van der Waals surface area contributed by atoms with E-state index in [0.29, 0.717) is 29.5 Å². The van der Waals surface area contributed by atoms with Crippen LogP contribution in [0.2, 0.25) is 0 Å². The molecule has 0 aliphatic heterocycles. The van der Waals surface area contributed by atoms with Gasteiger partial charge in [0, 0.05) is 60.9 Å². The van der Waals surface area contributed by atoms with Gasteiger partial charge in [0.15, 0.2) is 11.6 Å². The Labute approximate surface area is 255 Å². The van der Waals surface area contributed by atoms with Crippen molar-refractivity contribution in [1.29, 1.82) is 0 Å². The van der Waals surface area contributed by atoms with Crippen LogP contribution in [0.3, 0.4) is 0 Å². The summed E-state index contributed by atoms with van der Waals surface area (Å²) in [6.07, 6.45) is 5.94. The minimum absolute atomic E-state index is 0.0214. The van der Waals surface area contributed by atoms with E-state index in [1.165, 1.54) is 32.8 Å². The van der Waals surface area contributed by atoms with Gasteiger partial charge in [0.1, 0.15) is 40.5 Å². The summed E-state index contributed by atoms with van der Waals surface area (Å²) in [5.74, 6) is -1.83. The number of halogens is 2. The molecule has 13 heteroatoms. The Balaban J connectivity index is 1.49. The summed E-state index contributed by atoms with van der Waals surface area (Å²) in [6, 6.07) is 9.58. The molecule has 1 aliphatic rings. The smallest absolute Gasteiger partial charge is 0.268 e. The van der Waals surface area contributed by atoms with Crippen LogP contribution in [0.15, 0.2) is 66.1 Å². The molecule has 1 fully saturated rings. The summed E-state index contributed by atoms with van der Waals surface area (Å²) in [5, 5.41) is 4.27. The van der Waals surface area contributed by atoms with Gasteiger partial charge in [-0.25, -0.2) is 31.5 Å². The molecule has 0 amide bonds. The Morgan fingerprint density at radius 3 is 2.48 bits per heavy atom. The summed E-state index contributed by atoms with van der Waals surface area (Å²) in [6.45, 7) is 4.03. The number of hydrogen-bond donors (Lipinski definition) is 0. The molecular formula is C31H35F2N5O5S. The topological polar surface area (TPSA) is 109 Å². The Hall–Kier alpha value is -4.26. The van der Waals surface area contributed by atoms with Gasteiger partial charge in [0.2, 0.25) is 0 Å². The minimum Gasteiger partial charge on any atom is -0.497 e. The number of ether oxygens (including phenoxy) is 3. The maximum atomic E-state index is 15.8. The van der Waals surface area contributed by atoms with Gasteiger partial charge in [-0.15, -0.1) is 0 Å². The first-order valence-corrected chi connectivity index (χ1v) is 15.5.